The van der Waals surface area contributed by atoms with Crippen molar-refractivity contribution < 1.29 is 0 Å². The molecule has 0 aliphatic carbocycles. The summed E-state index contributed by atoms with van der Waals surface area (Å²) in [7, 11) is 0. The second kappa shape index (κ2) is 5.17. The van der Waals surface area contributed by atoms with Gasteiger partial charge in [0, 0.05) is 37.0 Å². The normalized spacial score (nSPS) is 30.8. The lowest BCUT2D eigenvalue weighted by Gasteiger charge is -2.23. The number of alkyl halides is 1. The highest BCUT2D eigenvalue weighted by molar-refractivity contribution is 6.18. The average molecular weight is 239 g/mol. The van der Waals surface area contributed by atoms with Crippen LogP contribution in [-0.2, 0) is 6.54 Å². The summed E-state index contributed by atoms with van der Waals surface area (Å²) >= 11 is 5.96. The van der Waals surface area contributed by atoms with Crippen LogP contribution in [0.15, 0.2) is 30.3 Å². The maximum Gasteiger partial charge on any atom is 0.0281 e. The molecule has 1 aliphatic rings. The van der Waals surface area contributed by atoms with Gasteiger partial charge in [-0.05, 0) is 12.5 Å². The van der Waals surface area contributed by atoms with Crippen LogP contribution in [0.25, 0.3) is 0 Å². The minimum atomic E-state index is 0.219. The van der Waals surface area contributed by atoms with Crippen LogP contribution in [0.4, 0.5) is 0 Å². The van der Waals surface area contributed by atoms with E-state index < -0.39 is 0 Å². The van der Waals surface area contributed by atoms with Crippen LogP contribution in [0.2, 0.25) is 0 Å². The van der Waals surface area contributed by atoms with Crippen LogP contribution in [0.3, 0.4) is 0 Å². The molecular formula is C13H19ClN2. The quantitative estimate of drug-likeness (QED) is 0.817. The highest BCUT2D eigenvalue weighted by Gasteiger charge is 2.35. The van der Waals surface area contributed by atoms with E-state index in [1.807, 2.05) is 6.07 Å². The fraction of sp³-hybridized carbons (Fsp3) is 0.538. The second-order valence-corrected chi connectivity index (χ2v) is 4.95. The Hall–Kier alpha value is -0.570. The molecule has 1 fully saturated rings. The van der Waals surface area contributed by atoms with E-state index in [-0.39, 0.29) is 6.04 Å². The zero-order chi connectivity index (χ0) is 11.5. The zero-order valence-corrected chi connectivity index (χ0v) is 10.4. The van der Waals surface area contributed by atoms with Crippen LogP contribution in [-0.4, -0.2) is 29.4 Å². The van der Waals surface area contributed by atoms with E-state index in [0.717, 1.165) is 13.1 Å². The molecule has 1 heterocycles. The molecule has 0 spiro atoms. The molecule has 16 heavy (non-hydrogen) atoms. The van der Waals surface area contributed by atoms with Gasteiger partial charge in [0.25, 0.3) is 0 Å². The summed E-state index contributed by atoms with van der Waals surface area (Å²) in [6, 6.07) is 11.2. The lowest BCUT2D eigenvalue weighted by atomic mass is 10.0. The number of nitrogens with zero attached hydrogens (tertiary/aromatic N) is 1. The van der Waals surface area contributed by atoms with Crippen molar-refractivity contribution in [3.8, 4) is 0 Å². The molecule has 2 nitrogen and oxygen atoms in total. The average Bonchev–Trinajstić information content (AvgIpc) is 2.55. The van der Waals surface area contributed by atoms with E-state index in [1.54, 1.807) is 0 Å². The Morgan fingerprint density at radius 3 is 2.62 bits per heavy atom. The first-order valence-electron chi connectivity index (χ1n) is 5.82. The van der Waals surface area contributed by atoms with Gasteiger partial charge in [-0.1, -0.05) is 30.3 Å². The van der Waals surface area contributed by atoms with Crippen molar-refractivity contribution in [1.29, 1.82) is 0 Å². The lowest BCUT2D eigenvalue weighted by Crippen LogP contribution is -2.32. The number of hydrogen-bond acceptors (Lipinski definition) is 2. The van der Waals surface area contributed by atoms with E-state index in [1.165, 1.54) is 5.56 Å². The summed E-state index contributed by atoms with van der Waals surface area (Å²) in [5, 5.41) is 0. The van der Waals surface area contributed by atoms with Gasteiger partial charge < -0.3 is 5.73 Å². The number of hydrogen-bond donors (Lipinski definition) is 1. The minimum absolute atomic E-state index is 0.219. The molecule has 3 unspecified atom stereocenters. The third-order valence-corrected chi connectivity index (χ3v) is 3.95. The fourth-order valence-corrected chi connectivity index (χ4v) is 2.96. The maximum atomic E-state index is 6.10. The summed E-state index contributed by atoms with van der Waals surface area (Å²) in [4.78, 5) is 2.42. The number of rotatable bonds is 3. The molecule has 2 rings (SSSR count). The molecule has 1 aromatic rings. The van der Waals surface area contributed by atoms with Crippen molar-refractivity contribution in [2.24, 2.45) is 11.7 Å². The highest BCUT2D eigenvalue weighted by Crippen LogP contribution is 2.25. The molecule has 0 bridgehead atoms. The number of benzene rings is 1. The summed E-state index contributed by atoms with van der Waals surface area (Å²) in [5.41, 5.74) is 7.44. The monoisotopic (exact) mass is 238 g/mol. The van der Waals surface area contributed by atoms with Crippen molar-refractivity contribution in [1.82, 2.24) is 4.90 Å². The van der Waals surface area contributed by atoms with Gasteiger partial charge in [0.1, 0.15) is 0 Å². The molecule has 3 heteroatoms. The van der Waals surface area contributed by atoms with Crippen molar-refractivity contribution in [2.45, 2.75) is 25.6 Å². The molecule has 88 valence electrons. The van der Waals surface area contributed by atoms with Crippen LogP contribution in [0.1, 0.15) is 12.5 Å². The Bertz CT molecular complexity index is 328. The summed E-state index contributed by atoms with van der Waals surface area (Å²) in [6.07, 6.45) is 0. The number of likely N-dealkylation sites (tertiary alicyclic amines) is 1. The van der Waals surface area contributed by atoms with Gasteiger partial charge >= 0.3 is 0 Å². The molecule has 0 amide bonds. The fourth-order valence-electron chi connectivity index (χ4n) is 2.47. The van der Waals surface area contributed by atoms with E-state index >= 15 is 0 Å². The van der Waals surface area contributed by atoms with Gasteiger partial charge in [-0.15, -0.1) is 11.6 Å². The summed E-state index contributed by atoms with van der Waals surface area (Å²) in [5.74, 6) is 1.08. The predicted molar refractivity (Wildman–Crippen MR) is 68.5 cm³/mol. The second-order valence-electron chi connectivity index (χ2n) is 4.64. The molecule has 0 aromatic heterocycles. The largest absolute Gasteiger partial charge is 0.326 e. The Balaban J connectivity index is 2.02. The summed E-state index contributed by atoms with van der Waals surface area (Å²) in [6.45, 7) is 4.15. The van der Waals surface area contributed by atoms with E-state index in [2.05, 4.69) is 36.1 Å². The van der Waals surface area contributed by atoms with E-state index in [0.29, 0.717) is 17.8 Å². The molecular weight excluding hydrogens is 220 g/mol. The third kappa shape index (κ3) is 2.40. The van der Waals surface area contributed by atoms with Gasteiger partial charge in [-0.3, -0.25) is 4.90 Å². The van der Waals surface area contributed by atoms with Gasteiger partial charge in [0.2, 0.25) is 0 Å². The van der Waals surface area contributed by atoms with Crippen molar-refractivity contribution in [2.75, 3.05) is 12.4 Å². The zero-order valence-electron chi connectivity index (χ0n) is 9.64. The molecule has 1 aliphatic heterocycles. The SMILES string of the molecule is CC1C(CCl)C(N)CN1Cc1ccccc1. The van der Waals surface area contributed by atoms with Gasteiger partial charge in [0.05, 0.1) is 0 Å². The Morgan fingerprint density at radius 2 is 2.06 bits per heavy atom. The van der Waals surface area contributed by atoms with Crippen molar-refractivity contribution >= 4 is 11.6 Å². The van der Waals surface area contributed by atoms with Crippen LogP contribution in [0.5, 0.6) is 0 Å². The van der Waals surface area contributed by atoms with Gasteiger partial charge in [0.15, 0.2) is 0 Å². The Morgan fingerprint density at radius 1 is 1.38 bits per heavy atom. The summed E-state index contributed by atoms with van der Waals surface area (Å²) < 4.78 is 0. The van der Waals surface area contributed by atoms with Gasteiger partial charge in [-0.25, -0.2) is 0 Å². The van der Waals surface area contributed by atoms with Crippen molar-refractivity contribution in [3.05, 3.63) is 35.9 Å². The molecule has 2 N–H and O–H groups in total. The Labute approximate surface area is 102 Å². The van der Waals surface area contributed by atoms with Crippen LogP contribution < -0.4 is 5.73 Å². The first kappa shape index (κ1) is 11.9. The molecule has 1 aromatic carbocycles. The molecule has 3 atom stereocenters. The van der Waals surface area contributed by atoms with E-state index in [4.69, 9.17) is 17.3 Å². The molecule has 0 radical (unpaired) electrons. The van der Waals surface area contributed by atoms with Gasteiger partial charge in [-0.2, -0.15) is 0 Å². The standard InChI is InChI=1S/C13H19ClN2/c1-10-12(7-14)13(15)9-16(10)8-11-5-3-2-4-6-11/h2-6,10,12-13H,7-9,15H2,1H3. The van der Waals surface area contributed by atoms with E-state index in [9.17, 15) is 0 Å². The lowest BCUT2D eigenvalue weighted by molar-refractivity contribution is 0.240. The highest BCUT2D eigenvalue weighted by atomic mass is 35.5. The third-order valence-electron chi connectivity index (χ3n) is 3.60. The number of nitrogens with two attached hydrogens (primary N) is 1. The van der Waals surface area contributed by atoms with Crippen LogP contribution >= 0.6 is 11.6 Å². The topological polar surface area (TPSA) is 29.3 Å². The first-order chi connectivity index (χ1) is 7.72. The first-order valence-corrected chi connectivity index (χ1v) is 6.35. The predicted octanol–water partition coefficient (Wildman–Crippen LogP) is 2.07. The maximum absolute atomic E-state index is 6.10. The molecule has 1 saturated heterocycles. The molecule has 0 saturated carbocycles. The van der Waals surface area contributed by atoms with Crippen LogP contribution in [0, 0.1) is 5.92 Å². The minimum Gasteiger partial charge on any atom is -0.326 e. The van der Waals surface area contributed by atoms with Crippen molar-refractivity contribution in [3.63, 3.8) is 0 Å². The number of halogens is 1. The smallest absolute Gasteiger partial charge is 0.0281 e. The Kier molecular flexibility index (Phi) is 3.85.